The van der Waals surface area contributed by atoms with E-state index in [-0.39, 0.29) is 0 Å². The first-order valence-electron chi connectivity index (χ1n) is 5.80. The summed E-state index contributed by atoms with van der Waals surface area (Å²) in [4.78, 5) is 6.72. The predicted molar refractivity (Wildman–Crippen MR) is 62.8 cm³/mol. The maximum atomic E-state index is 8.95. The Balaban J connectivity index is 2.13. The standard InChI is InChI=1S/C13H17N3/c1-10-4-3-5-16(10)9-12-6-13(7-14)11(2)15-8-12/h6,8,10H,3-5,9H2,1-2H3. The van der Waals surface area contributed by atoms with Crippen LogP contribution in [0.4, 0.5) is 0 Å². The maximum Gasteiger partial charge on any atom is 0.101 e. The van der Waals surface area contributed by atoms with Crippen molar-refractivity contribution in [3.63, 3.8) is 0 Å². The Morgan fingerprint density at radius 3 is 3.06 bits per heavy atom. The van der Waals surface area contributed by atoms with Crippen LogP contribution in [0.3, 0.4) is 0 Å². The molecule has 1 fully saturated rings. The van der Waals surface area contributed by atoms with Crippen LogP contribution in [0.1, 0.15) is 36.6 Å². The van der Waals surface area contributed by atoms with Gasteiger partial charge in [-0.25, -0.2) is 0 Å². The first-order valence-corrected chi connectivity index (χ1v) is 5.80. The van der Waals surface area contributed by atoms with Gasteiger partial charge in [0.1, 0.15) is 6.07 Å². The van der Waals surface area contributed by atoms with E-state index in [9.17, 15) is 0 Å². The van der Waals surface area contributed by atoms with E-state index in [0.717, 1.165) is 24.3 Å². The highest BCUT2D eigenvalue weighted by atomic mass is 15.2. The average Bonchev–Trinajstić information content (AvgIpc) is 2.67. The van der Waals surface area contributed by atoms with E-state index in [0.29, 0.717) is 11.6 Å². The van der Waals surface area contributed by atoms with Gasteiger partial charge in [-0.2, -0.15) is 5.26 Å². The predicted octanol–water partition coefficient (Wildman–Crippen LogP) is 2.25. The lowest BCUT2D eigenvalue weighted by atomic mass is 10.1. The van der Waals surface area contributed by atoms with Gasteiger partial charge in [0, 0.05) is 18.8 Å². The fraction of sp³-hybridized carbons (Fsp3) is 0.538. The number of rotatable bonds is 2. The van der Waals surface area contributed by atoms with Crippen LogP contribution in [0, 0.1) is 18.3 Å². The van der Waals surface area contributed by atoms with Gasteiger partial charge in [-0.15, -0.1) is 0 Å². The fourth-order valence-electron chi connectivity index (χ4n) is 2.24. The topological polar surface area (TPSA) is 39.9 Å². The molecule has 1 saturated heterocycles. The van der Waals surface area contributed by atoms with Crippen LogP contribution in [0.2, 0.25) is 0 Å². The van der Waals surface area contributed by atoms with Crippen LogP contribution in [0.15, 0.2) is 12.3 Å². The van der Waals surface area contributed by atoms with Crippen molar-refractivity contribution in [3.8, 4) is 6.07 Å². The minimum Gasteiger partial charge on any atom is -0.296 e. The Labute approximate surface area is 96.7 Å². The zero-order valence-electron chi connectivity index (χ0n) is 9.90. The van der Waals surface area contributed by atoms with E-state index in [2.05, 4.69) is 22.9 Å². The van der Waals surface area contributed by atoms with Crippen LogP contribution in [-0.2, 0) is 6.54 Å². The lowest BCUT2D eigenvalue weighted by Gasteiger charge is -2.20. The number of aryl methyl sites for hydroxylation is 1. The molecule has 2 heterocycles. The van der Waals surface area contributed by atoms with Crippen molar-refractivity contribution >= 4 is 0 Å². The lowest BCUT2D eigenvalue weighted by molar-refractivity contribution is 0.260. The lowest BCUT2D eigenvalue weighted by Crippen LogP contribution is -2.26. The van der Waals surface area contributed by atoms with Gasteiger partial charge in [0.2, 0.25) is 0 Å². The van der Waals surface area contributed by atoms with Crippen molar-refractivity contribution in [1.82, 2.24) is 9.88 Å². The molecule has 1 atom stereocenters. The minimum atomic E-state index is 0.659. The molecule has 1 aliphatic rings. The molecule has 16 heavy (non-hydrogen) atoms. The molecular formula is C13H17N3. The quantitative estimate of drug-likeness (QED) is 0.759. The molecule has 1 aromatic heterocycles. The normalized spacial score (nSPS) is 20.9. The molecule has 0 aromatic carbocycles. The molecular weight excluding hydrogens is 198 g/mol. The van der Waals surface area contributed by atoms with Crippen LogP contribution in [0.5, 0.6) is 0 Å². The van der Waals surface area contributed by atoms with E-state index in [1.165, 1.54) is 12.8 Å². The Bertz CT molecular complexity index is 420. The SMILES string of the molecule is Cc1ncc(CN2CCCC2C)cc1C#N. The number of nitriles is 1. The van der Waals surface area contributed by atoms with Gasteiger partial charge in [0.15, 0.2) is 0 Å². The number of hydrogen-bond acceptors (Lipinski definition) is 3. The first kappa shape index (κ1) is 11.1. The van der Waals surface area contributed by atoms with Crippen molar-refractivity contribution in [3.05, 3.63) is 29.1 Å². The van der Waals surface area contributed by atoms with Crippen LogP contribution >= 0.6 is 0 Å². The zero-order valence-corrected chi connectivity index (χ0v) is 9.90. The van der Waals surface area contributed by atoms with Gasteiger partial charge in [0.25, 0.3) is 0 Å². The van der Waals surface area contributed by atoms with Crippen molar-refractivity contribution < 1.29 is 0 Å². The van der Waals surface area contributed by atoms with Gasteiger partial charge in [-0.1, -0.05) is 0 Å². The van der Waals surface area contributed by atoms with Gasteiger partial charge in [-0.05, 0) is 44.9 Å². The molecule has 0 spiro atoms. The van der Waals surface area contributed by atoms with Crippen molar-refractivity contribution in [2.24, 2.45) is 0 Å². The smallest absolute Gasteiger partial charge is 0.101 e. The summed E-state index contributed by atoms with van der Waals surface area (Å²) in [5, 5.41) is 8.95. The molecule has 0 amide bonds. The third-order valence-corrected chi connectivity index (χ3v) is 3.34. The second-order valence-electron chi connectivity index (χ2n) is 4.55. The van der Waals surface area contributed by atoms with E-state index in [4.69, 9.17) is 5.26 Å². The summed E-state index contributed by atoms with van der Waals surface area (Å²) < 4.78 is 0. The molecule has 3 nitrogen and oxygen atoms in total. The molecule has 84 valence electrons. The monoisotopic (exact) mass is 215 g/mol. The number of hydrogen-bond donors (Lipinski definition) is 0. The molecule has 1 unspecified atom stereocenters. The number of likely N-dealkylation sites (tertiary alicyclic amines) is 1. The minimum absolute atomic E-state index is 0.659. The van der Waals surface area contributed by atoms with E-state index < -0.39 is 0 Å². The largest absolute Gasteiger partial charge is 0.296 e. The highest BCUT2D eigenvalue weighted by Gasteiger charge is 2.20. The van der Waals surface area contributed by atoms with Gasteiger partial charge in [0.05, 0.1) is 11.3 Å². The zero-order chi connectivity index (χ0) is 11.5. The number of aromatic nitrogens is 1. The van der Waals surface area contributed by atoms with E-state index in [1.807, 2.05) is 19.2 Å². The highest BCUT2D eigenvalue weighted by Crippen LogP contribution is 2.19. The van der Waals surface area contributed by atoms with Crippen LogP contribution < -0.4 is 0 Å². The van der Waals surface area contributed by atoms with Gasteiger partial charge < -0.3 is 0 Å². The summed E-state index contributed by atoms with van der Waals surface area (Å²) in [6, 6.07) is 4.82. The van der Waals surface area contributed by atoms with Crippen molar-refractivity contribution in [1.29, 1.82) is 5.26 Å². The molecule has 0 aliphatic carbocycles. The Kier molecular flexibility index (Phi) is 3.21. The summed E-state index contributed by atoms with van der Waals surface area (Å²) in [7, 11) is 0. The first-order chi connectivity index (χ1) is 7.70. The molecule has 0 saturated carbocycles. The summed E-state index contributed by atoms with van der Waals surface area (Å²) >= 11 is 0. The van der Waals surface area contributed by atoms with Crippen molar-refractivity contribution in [2.45, 2.75) is 39.3 Å². The summed E-state index contributed by atoms with van der Waals surface area (Å²) in [5.41, 5.74) is 2.67. The van der Waals surface area contributed by atoms with E-state index in [1.54, 1.807) is 0 Å². The molecule has 1 aliphatic heterocycles. The Hall–Kier alpha value is -1.40. The summed E-state index contributed by atoms with van der Waals surface area (Å²) in [6.45, 7) is 6.22. The Morgan fingerprint density at radius 1 is 1.62 bits per heavy atom. The molecule has 0 radical (unpaired) electrons. The van der Waals surface area contributed by atoms with Gasteiger partial charge in [-0.3, -0.25) is 9.88 Å². The molecule has 3 heteroatoms. The molecule has 2 rings (SSSR count). The molecule has 0 N–H and O–H groups in total. The van der Waals surface area contributed by atoms with Crippen LogP contribution in [0.25, 0.3) is 0 Å². The number of nitrogens with zero attached hydrogens (tertiary/aromatic N) is 3. The Morgan fingerprint density at radius 2 is 2.44 bits per heavy atom. The summed E-state index contributed by atoms with van der Waals surface area (Å²) in [5.74, 6) is 0. The average molecular weight is 215 g/mol. The third-order valence-electron chi connectivity index (χ3n) is 3.34. The van der Waals surface area contributed by atoms with Gasteiger partial charge >= 0.3 is 0 Å². The van der Waals surface area contributed by atoms with E-state index >= 15 is 0 Å². The molecule has 0 bridgehead atoms. The second kappa shape index (κ2) is 4.63. The van der Waals surface area contributed by atoms with Crippen molar-refractivity contribution in [2.75, 3.05) is 6.54 Å². The molecule has 1 aromatic rings. The highest BCUT2D eigenvalue weighted by molar-refractivity contribution is 5.35. The van der Waals surface area contributed by atoms with Crippen LogP contribution in [-0.4, -0.2) is 22.5 Å². The third kappa shape index (κ3) is 2.23. The summed E-state index contributed by atoms with van der Waals surface area (Å²) in [6.07, 6.45) is 4.46. The second-order valence-corrected chi connectivity index (χ2v) is 4.55. The number of pyridine rings is 1. The fourth-order valence-corrected chi connectivity index (χ4v) is 2.24. The maximum absolute atomic E-state index is 8.95.